The molecule has 5 N–H and O–H groups in total. The maximum Gasteiger partial charge on any atom is 0.407 e. The summed E-state index contributed by atoms with van der Waals surface area (Å²) >= 11 is 0. The van der Waals surface area contributed by atoms with Gasteiger partial charge in [-0.2, -0.15) is 0 Å². The fourth-order valence-corrected chi connectivity index (χ4v) is 8.98. The summed E-state index contributed by atoms with van der Waals surface area (Å²) in [4.78, 5) is 78.9. The number of aromatic nitrogens is 6. The number of fused-ring (bicyclic) bond motifs is 4. The zero-order valence-corrected chi connectivity index (χ0v) is 35.7. The maximum atomic E-state index is 13.9. The van der Waals surface area contributed by atoms with E-state index in [1.54, 1.807) is 0 Å². The highest BCUT2D eigenvalue weighted by atomic mass is 16.5. The Bertz CT molecular complexity index is 2710. The van der Waals surface area contributed by atoms with E-state index in [2.05, 4.69) is 42.8 Å². The van der Waals surface area contributed by atoms with Gasteiger partial charge >= 0.3 is 12.2 Å². The number of methoxy groups -OCH3 is 2. The first-order chi connectivity index (χ1) is 29.9. The SMILES string of the molecule is COC(=O)N[C@H](C(=O)N[C@@H]1C[C@@H]1CCc1nc2ccc(-c3cnc4cc(-c5ccc6nc([C@@H]7C[C@H]8C[C@H]8N7C(=O)[C@@H](NC(=O)OC)C(C)C)[nH]c6c5)cnc4c3)cc2[nH]1)C(C)C. The normalized spacial score (nSPS) is 21.2. The molecule has 4 amide bonds. The second-order valence-corrected chi connectivity index (χ2v) is 17.7. The average molecular weight is 841 g/mol. The summed E-state index contributed by atoms with van der Waals surface area (Å²) in [5.74, 6) is 1.95. The fraction of sp³-hybridized carbons (Fsp3) is 0.435. The Labute approximate surface area is 358 Å². The van der Waals surface area contributed by atoms with Crippen LogP contribution in [0.5, 0.6) is 0 Å². The molecule has 5 heterocycles. The molecule has 3 aliphatic rings. The van der Waals surface area contributed by atoms with Gasteiger partial charge in [0.2, 0.25) is 11.8 Å². The molecule has 322 valence electrons. The minimum absolute atomic E-state index is 0.0710. The van der Waals surface area contributed by atoms with Crippen LogP contribution < -0.4 is 16.0 Å². The number of benzene rings is 2. The van der Waals surface area contributed by atoms with Crippen molar-refractivity contribution in [3.8, 4) is 22.3 Å². The first-order valence-corrected chi connectivity index (χ1v) is 21.4. The molecule has 4 aromatic heterocycles. The molecule has 2 saturated carbocycles. The van der Waals surface area contributed by atoms with E-state index in [0.29, 0.717) is 11.8 Å². The molecular weight excluding hydrogens is 789 g/mol. The molecular formula is C46H52N10O6. The molecule has 0 unspecified atom stereocenters. The molecule has 6 aromatic rings. The lowest BCUT2D eigenvalue weighted by molar-refractivity contribution is -0.136. The molecule has 1 aliphatic heterocycles. The Kier molecular flexibility index (Phi) is 10.8. The minimum atomic E-state index is -0.689. The number of aryl methyl sites for hydroxylation is 1. The van der Waals surface area contributed by atoms with Crippen molar-refractivity contribution in [2.45, 2.75) is 90.0 Å². The van der Waals surface area contributed by atoms with Crippen LogP contribution in [0.25, 0.3) is 55.4 Å². The average Bonchev–Trinajstić information content (AvgIpc) is 4.02. The van der Waals surface area contributed by atoms with E-state index in [4.69, 9.17) is 24.7 Å². The number of pyridine rings is 2. The van der Waals surface area contributed by atoms with Gasteiger partial charge in [0.05, 0.1) is 53.4 Å². The number of piperidine rings is 1. The van der Waals surface area contributed by atoms with E-state index < -0.39 is 24.3 Å². The predicted molar refractivity (Wildman–Crippen MR) is 233 cm³/mol. The Hall–Kier alpha value is -6.58. The van der Waals surface area contributed by atoms with Crippen LogP contribution in [0.15, 0.2) is 60.9 Å². The maximum absolute atomic E-state index is 13.9. The van der Waals surface area contributed by atoms with Gasteiger partial charge in [0, 0.05) is 42.0 Å². The van der Waals surface area contributed by atoms with E-state index in [1.807, 2.05) is 81.4 Å². The molecule has 2 aliphatic carbocycles. The minimum Gasteiger partial charge on any atom is -0.453 e. The zero-order chi connectivity index (χ0) is 43.4. The second kappa shape index (κ2) is 16.4. The molecule has 7 atom stereocenters. The number of aromatic amines is 2. The number of nitrogens with one attached hydrogen (secondary N) is 5. The number of likely N-dealkylation sites (tertiary alicyclic amines) is 1. The van der Waals surface area contributed by atoms with Crippen LogP contribution in [-0.4, -0.2) is 97.2 Å². The number of rotatable bonds is 13. The van der Waals surface area contributed by atoms with Crippen molar-refractivity contribution >= 4 is 57.1 Å². The lowest BCUT2D eigenvalue weighted by Crippen LogP contribution is -2.52. The molecule has 0 bridgehead atoms. The fourth-order valence-electron chi connectivity index (χ4n) is 8.98. The Morgan fingerprint density at radius 2 is 1.32 bits per heavy atom. The van der Waals surface area contributed by atoms with Gasteiger partial charge in [-0.05, 0) is 96.9 Å². The third-order valence-corrected chi connectivity index (χ3v) is 12.7. The summed E-state index contributed by atoms with van der Waals surface area (Å²) in [6.45, 7) is 7.61. The largest absolute Gasteiger partial charge is 0.453 e. The van der Waals surface area contributed by atoms with E-state index in [0.717, 1.165) is 99.1 Å². The zero-order valence-electron chi connectivity index (χ0n) is 35.7. The third kappa shape index (κ3) is 8.12. The quantitative estimate of drug-likeness (QED) is 0.0844. The van der Waals surface area contributed by atoms with E-state index in [9.17, 15) is 19.2 Å². The molecule has 3 fully saturated rings. The van der Waals surface area contributed by atoms with Crippen molar-refractivity contribution in [1.82, 2.24) is 50.8 Å². The van der Waals surface area contributed by atoms with Crippen molar-refractivity contribution in [1.29, 1.82) is 0 Å². The Morgan fingerprint density at radius 1 is 0.726 bits per heavy atom. The van der Waals surface area contributed by atoms with Crippen LogP contribution in [-0.2, 0) is 25.5 Å². The smallest absolute Gasteiger partial charge is 0.407 e. The van der Waals surface area contributed by atoms with Crippen LogP contribution in [0.1, 0.15) is 71.1 Å². The highest BCUT2D eigenvalue weighted by molar-refractivity contribution is 5.90. The molecule has 16 nitrogen and oxygen atoms in total. The summed E-state index contributed by atoms with van der Waals surface area (Å²) in [7, 11) is 2.59. The first-order valence-electron chi connectivity index (χ1n) is 21.4. The number of H-pyrrole nitrogens is 2. The van der Waals surface area contributed by atoms with Crippen LogP contribution in [0, 0.1) is 23.7 Å². The molecule has 1 saturated heterocycles. The molecule has 0 radical (unpaired) electrons. The molecule has 16 heteroatoms. The summed E-state index contributed by atoms with van der Waals surface area (Å²) in [6, 6.07) is 15.0. The highest BCUT2D eigenvalue weighted by Gasteiger charge is 2.56. The Morgan fingerprint density at radius 3 is 1.94 bits per heavy atom. The van der Waals surface area contributed by atoms with E-state index in [1.165, 1.54) is 14.2 Å². The van der Waals surface area contributed by atoms with E-state index >= 15 is 0 Å². The number of nitrogens with zero attached hydrogens (tertiary/aromatic N) is 5. The number of carbonyl (C=O) groups excluding carboxylic acids is 4. The summed E-state index contributed by atoms with van der Waals surface area (Å²) < 4.78 is 9.50. The standard InChI is InChI=1S/C46H52N10O6/c1-22(2)40(54-45(59)61-5)43(57)53-32-15-26(32)9-12-39-49-30-10-7-24(13-35(30)50-39)28-16-33-34(47-20-28)17-29(21-48-33)25-8-11-31-36(14-25)52-42(51-31)38-19-27-18-37(27)56(38)44(58)41(23(3)4)55-46(60)62-6/h7-8,10-11,13-14,16-17,20-23,26-27,32,37-38,40-41H,9,12,15,18-19H2,1-6H3,(H,49,50)(H,51,52)(H,53,57)(H,54,59)(H,55,60)/t26-,27+,32+,37+,38-,40-,41-/m0/s1. The lowest BCUT2D eigenvalue weighted by atomic mass is 10.0. The lowest BCUT2D eigenvalue weighted by Gasteiger charge is -2.31. The summed E-state index contributed by atoms with van der Waals surface area (Å²) in [5.41, 5.74) is 8.88. The van der Waals surface area contributed by atoms with Gasteiger partial charge in [0.1, 0.15) is 23.7 Å². The van der Waals surface area contributed by atoms with Crippen LogP contribution in [0.4, 0.5) is 9.59 Å². The molecule has 62 heavy (non-hydrogen) atoms. The number of ether oxygens (including phenoxy) is 2. The van der Waals surface area contributed by atoms with Gasteiger partial charge < -0.3 is 40.3 Å². The van der Waals surface area contributed by atoms with Crippen LogP contribution >= 0.6 is 0 Å². The van der Waals surface area contributed by atoms with Gasteiger partial charge in [-0.25, -0.2) is 19.6 Å². The first kappa shape index (κ1) is 40.8. The van der Waals surface area contributed by atoms with Crippen LogP contribution in [0.3, 0.4) is 0 Å². The highest BCUT2D eigenvalue weighted by Crippen LogP contribution is 2.53. The van der Waals surface area contributed by atoms with Crippen molar-refractivity contribution in [3.63, 3.8) is 0 Å². The van der Waals surface area contributed by atoms with Crippen molar-refractivity contribution in [2.75, 3.05) is 14.2 Å². The van der Waals surface area contributed by atoms with Gasteiger partial charge in [-0.3, -0.25) is 19.6 Å². The number of alkyl carbamates (subject to hydrolysis) is 2. The Balaban J connectivity index is 0.853. The number of imidazole rings is 2. The molecule has 0 spiro atoms. The number of carbonyl (C=O) groups is 4. The van der Waals surface area contributed by atoms with Gasteiger partial charge in [-0.1, -0.05) is 39.8 Å². The monoisotopic (exact) mass is 840 g/mol. The topological polar surface area (TPSA) is 209 Å². The van der Waals surface area contributed by atoms with E-state index in [-0.39, 0.29) is 41.8 Å². The van der Waals surface area contributed by atoms with Crippen molar-refractivity contribution in [3.05, 3.63) is 72.6 Å². The third-order valence-electron chi connectivity index (χ3n) is 12.7. The number of hydrogen-bond acceptors (Lipinski definition) is 10. The summed E-state index contributed by atoms with van der Waals surface area (Å²) in [6.07, 6.45) is 6.82. The predicted octanol–water partition coefficient (Wildman–Crippen LogP) is 6.58. The van der Waals surface area contributed by atoms with Crippen LogP contribution in [0.2, 0.25) is 0 Å². The molecule has 2 aromatic carbocycles. The number of hydrogen-bond donors (Lipinski definition) is 5. The van der Waals surface area contributed by atoms with Crippen molar-refractivity contribution in [2.24, 2.45) is 23.7 Å². The van der Waals surface area contributed by atoms with Crippen molar-refractivity contribution < 1.29 is 28.7 Å². The van der Waals surface area contributed by atoms with Gasteiger partial charge in [-0.15, -0.1) is 0 Å². The second-order valence-electron chi connectivity index (χ2n) is 17.7. The van der Waals surface area contributed by atoms with Gasteiger partial charge in [0.15, 0.2) is 0 Å². The summed E-state index contributed by atoms with van der Waals surface area (Å²) in [5, 5.41) is 8.46. The van der Waals surface area contributed by atoms with Gasteiger partial charge in [0.25, 0.3) is 0 Å². The number of amides is 4. The molecule has 9 rings (SSSR count).